The number of nitrogens with zero attached hydrogens (tertiary/aromatic N) is 2. The molecule has 2 aliphatic rings. The summed E-state index contributed by atoms with van der Waals surface area (Å²) in [6, 6.07) is 12.5. The van der Waals surface area contributed by atoms with Gasteiger partial charge in [0, 0.05) is 35.9 Å². The number of H-pyrrole nitrogens is 1. The number of fused-ring (bicyclic) bond motifs is 1. The second kappa shape index (κ2) is 10.9. The van der Waals surface area contributed by atoms with Crippen LogP contribution in [0.2, 0.25) is 0 Å². The maximum Gasteiger partial charge on any atom is 0.416 e. The second-order valence-corrected chi connectivity index (χ2v) is 10.6. The number of likely N-dealkylation sites (tertiary alicyclic amines) is 2. The molecule has 10 heteroatoms. The fourth-order valence-corrected chi connectivity index (χ4v) is 6.24. The smallest absolute Gasteiger partial charge is 0.416 e. The fourth-order valence-electron chi connectivity index (χ4n) is 5.94. The summed E-state index contributed by atoms with van der Waals surface area (Å²) in [5.41, 5.74) is 2.23. The molecule has 38 heavy (non-hydrogen) atoms. The highest BCUT2D eigenvalue weighted by Crippen LogP contribution is 2.35. The third-order valence-corrected chi connectivity index (χ3v) is 8.33. The van der Waals surface area contributed by atoms with Crippen molar-refractivity contribution in [3.8, 4) is 0 Å². The number of nitrogens with one attached hydrogen (secondary N) is 2. The molecule has 2 saturated heterocycles. The zero-order valence-electron chi connectivity index (χ0n) is 20.9. The Kier molecular flexibility index (Phi) is 7.63. The van der Waals surface area contributed by atoms with E-state index in [1.807, 2.05) is 17.0 Å². The van der Waals surface area contributed by atoms with Crippen LogP contribution in [0, 0.1) is 5.92 Å². The van der Waals surface area contributed by atoms with Gasteiger partial charge in [-0.1, -0.05) is 18.2 Å². The normalized spacial score (nSPS) is 19.0. The predicted octanol–water partition coefficient (Wildman–Crippen LogP) is 5.93. The number of hydrogen-bond acceptors (Lipinski definition) is 3. The predicted molar refractivity (Wildman–Crippen MR) is 145 cm³/mol. The van der Waals surface area contributed by atoms with Gasteiger partial charge in [-0.3, -0.25) is 9.69 Å². The Morgan fingerprint density at radius 3 is 2.29 bits per heavy atom. The van der Waals surface area contributed by atoms with Crippen molar-refractivity contribution in [2.24, 2.45) is 5.92 Å². The Labute approximate surface area is 224 Å². The van der Waals surface area contributed by atoms with Gasteiger partial charge in [-0.2, -0.15) is 13.2 Å². The van der Waals surface area contributed by atoms with Crippen LogP contribution in [0.1, 0.15) is 42.7 Å². The summed E-state index contributed by atoms with van der Waals surface area (Å²) in [4.78, 5) is 19.8. The first-order valence-corrected chi connectivity index (χ1v) is 13.4. The monoisotopic (exact) mass is 544 g/mol. The maximum atomic E-state index is 12.8. The average molecular weight is 545 g/mol. The van der Waals surface area contributed by atoms with Gasteiger partial charge in [-0.25, -0.2) is 0 Å². The van der Waals surface area contributed by atoms with Crippen molar-refractivity contribution in [1.29, 1.82) is 0 Å². The zero-order valence-corrected chi connectivity index (χ0v) is 21.7. The Morgan fingerprint density at radius 1 is 1.00 bits per heavy atom. The van der Waals surface area contributed by atoms with Crippen molar-refractivity contribution in [2.45, 2.75) is 43.8 Å². The summed E-state index contributed by atoms with van der Waals surface area (Å²) >= 11 is 5.49. The van der Waals surface area contributed by atoms with Crippen LogP contribution in [0.3, 0.4) is 0 Å². The van der Waals surface area contributed by atoms with Crippen molar-refractivity contribution < 1.29 is 23.1 Å². The van der Waals surface area contributed by atoms with E-state index in [4.69, 9.17) is 12.2 Å². The second-order valence-electron chi connectivity index (χ2n) is 10.2. The number of hydrogen-bond donors (Lipinski definition) is 3. The summed E-state index contributed by atoms with van der Waals surface area (Å²) in [5.74, 6) is -0.353. The van der Waals surface area contributed by atoms with Crippen LogP contribution >= 0.6 is 12.2 Å². The average Bonchev–Trinajstić information content (AvgIpc) is 3.33. The first-order chi connectivity index (χ1) is 18.2. The number of carbonyl (C=O) groups is 1. The molecular weight excluding hydrogens is 513 g/mol. The number of benzene rings is 2. The summed E-state index contributed by atoms with van der Waals surface area (Å²) < 4.78 is 38.4. The lowest BCUT2D eigenvalue weighted by atomic mass is 9.84. The highest BCUT2D eigenvalue weighted by atomic mass is 32.1. The highest BCUT2D eigenvalue weighted by molar-refractivity contribution is 7.80. The number of carboxylic acid groups (broad SMARTS) is 1. The number of aromatic nitrogens is 1. The standard InChI is InChI=1S/C28H31F3N4O2S/c29-28(30,31)20-5-7-21(8-6-20)33-27(38)35-15-11-19(12-16-35)25(26(36)37)34-13-9-18(10-14-34)23-17-32-24-4-2-1-3-22(23)24/h1-8,17-19,25,32H,9-16H2,(H,33,38)(H,36,37). The summed E-state index contributed by atoms with van der Waals surface area (Å²) in [7, 11) is 0. The van der Waals surface area contributed by atoms with Gasteiger partial charge in [0.15, 0.2) is 5.11 Å². The molecule has 3 N–H and O–H groups in total. The van der Waals surface area contributed by atoms with Gasteiger partial charge in [0.1, 0.15) is 6.04 Å². The topological polar surface area (TPSA) is 71.6 Å². The van der Waals surface area contributed by atoms with E-state index in [-0.39, 0.29) is 5.92 Å². The summed E-state index contributed by atoms with van der Waals surface area (Å²) in [5, 5.41) is 14.8. The van der Waals surface area contributed by atoms with Gasteiger partial charge >= 0.3 is 12.1 Å². The number of carboxylic acids is 1. The van der Waals surface area contributed by atoms with Gasteiger partial charge in [-0.15, -0.1) is 0 Å². The van der Waals surface area contributed by atoms with Gasteiger partial charge in [0.05, 0.1) is 5.56 Å². The molecule has 0 aliphatic carbocycles. The number of halogens is 3. The lowest BCUT2D eigenvalue weighted by molar-refractivity contribution is -0.147. The number of aromatic amines is 1. The van der Waals surface area contributed by atoms with Crippen molar-refractivity contribution in [3.05, 3.63) is 65.9 Å². The minimum absolute atomic E-state index is 0.0160. The minimum Gasteiger partial charge on any atom is -0.480 e. The van der Waals surface area contributed by atoms with Crippen LogP contribution in [-0.2, 0) is 11.0 Å². The Morgan fingerprint density at radius 2 is 1.66 bits per heavy atom. The molecule has 0 radical (unpaired) electrons. The molecule has 2 aliphatic heterocycles. The third kappa shape index (κ3) is 5.66. The number of alkyl halides is 3. The van der Waals surface area contributed by atoms with Crippen LogP contribution < -0.4 is 5.32 Å². The Hall–Kier alpha value is -3.11. The molecule has 3 aromatic rings. The Balaban J connectivity index is 1.15. The van der Waals surface area contributed by atoms with Crippen molar-refractivity contribution in [1.82, 2.24) is 14.8 Å². The van der Waals surface area contributed by atoms with E-state index >= 15 is 0 Å². The SMILES string of the molecule is O=C(O)C(C1CCN(C(=S)Nc2ccc(C(F)(F)F)cc2)CC1)N1CCC(c2c[nH]c3ccccc23)CC1. The van der Waals surface area contributed by atoms with E-state index < -0.39 is 23.8 Å². The molecule has 0 saturated carbocycles. The van der Waals surface area contributed by atoms with E-state index in [9.17, 15) is 23.1 Å². The molecule has 0 amide bonds. The first-order valence-electron chi connectivity index (χ1n) is 13.0. The van der Waals surface area contributed by atoms with Crippen LogP contribution in [0.25, 0.3) is 10.9 Å². The maximum absolute atomic E-state index is 12.8. The largest absolute Gasteiger partial charge is 0.480 e. The summed E-state index contributed by atoms with van der Waals surface area (Å²) in [6.45, 7) is 2.70. The van der Waals surface area contributed by atoms with Crippen molar-refractivity contribution in [3.63, 3.8) is 0 Å². The van der Waals surface area contributed by atoms with E-state index in [1.165, 1.54) is 23.1 Å². The molecule has 0 bridgehead atoms. The van der Waals surface area contributed by atoms with E-state index in [2.05, 4.69) is 33.5 Å². The summed E-state index contributed by atoms with van der Waals surface area (Å²) in [6.07, 6.45) is 0.934. The molecule has 1 aromatic heterocycles. The zero-order chi connectivity index (χ0) is 26.9. The molecule has 5 rings (SSSR count). The van der Waals surface area contributed by atoms with Crippen LogP contribution in [0.4, 0.5) is 18.9 Å². The number of aliphatic carboxylic acids is 1. The van der Waals surface area contributed by atoms with Crippen molar-refractivity contribution >= 4 is 39.9 Å². The lowest BCUT2D eigenvalue weighted by Gasteiger charge is -2.42. The third-order valence-electron chi connectivity index (χ3n) is 7.97. The molecule has 1 unspecified atom stereocenters. The highest BCUT2D eigenvalue weighted by Gasteiger charge is 2.38. The Bertz CT molecular complexity index is 1280. The molecule has 0 spiro atoms. The quantitative estimate of drug-likeness (QED) is 0.346. The number of rotatable bonds is 5. The van der Waals surface area contributed by atoms with Gasteiger partial charge in [0.25, 0.3) is 0 Å². The number of thiocarbonyl (C=S) groups is 1. The number of para-hydroxylation sites is 1. The van der Waals surface area contributed by atoms with Crippen LogP contribution in [0.5, 0.6) is 0 Å². The van der Waals surface area contributed by atoms with E-state index in [0.717, 1.165) is 43.6 Å². The van der Waals surface area contributed by atoms with Crippen LogP contribution in [-0.4, -0.2) is 63.2 Å². The minimum atomic E-state index is -4.38. The molecule has 6 nitrogen and oxygen atoms in total. The van der Waals surface area contributed by atoms with Crippen molar-refractivity contribution in [2.75, 3.05) is 31.5 Å². The van der Waals surface area contributed by atoms with E-state index in [0.29, 0.717) is 42.6 Å². The molecular formula is C28H31F3N4O2S. The first kappa shape index (κ1) is 26.5. The van der Waals surface area contributed by atoms with Gasteiger partial charge in [-0.05, 0) is 98.7 Å². The molecule has 202 valence electrons. The lowest BCUT2D eigenvalue weighted by Crippen LogP contribution is -2.52. The molecule has 1 atom stereocenters. The van der Waals surface area contributed by atoms with Gasteiger partial charge < -0.3 is 20.3 Å². The molecule has 2 fully saturated rings. The number of piperidine rings is 2. The van der Waals surface area contributed by atoms with E-state index in [1.54, 1.807) is 0 Å². The fraction of sp³-hybridized carbons (Fsp3) is 0.429. The molecule has 2 aromatic carbocycles. The van der Waals surface area contributed by atoms with Gasteiger partial charge in [0.2, 0.25) is 0 Å². The van der Waals surface area contributed by atoms with Crippen LogP contribution in [0.15, 0.2) is 54.7 Å². The molecule has 3 heterocycles. The number of anilines is 1.